The third-order valence-electron chi connectivity index (χ3n) is 7.22. The quantitative estimate of drug-likeness (QED) is 0.350. The predicted octanol–water partition coefficient (Wildman–Crippen LogP) is 3.81. The standard InChI is InChI=1S/C25H20N4O4S/c30-23(16-6-4-10-26-12-16)22-21(15-5-3-7-17(11-15)29(32)33)20-13-34-14-28(20)25(22)18-8-1-2-9-19(18)27-24(25)31/h1-12,20-22H,13-14H2,(H,27,31)/t20-,21+,22-,25-/m0/s1. The van der Waals surface area contributed by atoms with Gasteiger partial charge >= 0.3 is 0 Å². The highest BCUT2D eigenvalue weighted by Crippen LogP contribution is 2.61. The molecule has 8 nitrogen and oxygen atoms in total. The highest BCUT2D eigenvalue weighted by Gasteiger charge is 2.69. The number of benzene rings is 2. The Morgan fingerprint density at radius 1 is 1.18 bits per heavy atom. The smallest absolute Gasteiger partial charge is 0.269 e. The normalized spacial score (nSPS) is 27.4. The third kappa shape index (κ3) is 2.80. The van der Waals surface area contributed by atoms with Gasteiger partial charge in [-0.2, -0.15) is 0 Å². The lowest BCUT2D eigenvalue weighted by molar-refractivity contribution is -0.384. The number of anilines is 1. The number of non-ortho nitro benzene ring substituents is 1. The third-order valence-corrected chi connectivity index (χ3v) is 8.26. The number of nitrogens with one attached hydrogen (secondary N) is 1. The molecule has 2 fully saturated rings. The first-order valence-corrected chi connectivity index (χ1v) is 12.1. The Kier molecular flexibility index (Phi) is 4.79. The van der Waals surface area contributed by atoms with Crippen molar-refractivity contribution in [3.05, 3.63) is 99.9 Å². The van der Waals surface area contributed by atoms with Gasteiger partial charge in [0.2, 0.25) is 5.91 Å². The molecular formula is C25H20N4O4S. The van der Waals surface area contributed by atoms with Gasteiger partial charge in [0.25, 0.3) is 5.69 Å². The van der Waals surface area contributed by atoms with Gasteiger partial charge in [0, 0.05) is 64.9 Å². The number of carbonyl (C=O) groups excluding carboxylic acids is 2. The maximum absolute atomic E-state index is 14.2. The van der Waals surface area contributed by atoms with Crippen molar-refractivity contribution in [2.75, 3.05) is 16.9 Å². The summed E-state index contributed by atoms with van der Waals surface area (Å²) in [6.45, 7) is 0. The number of nitro groups is 1. The summed E-state index contributed by atoms with van der Waals surface area (Å²) in [6.07, 6.45) is 3.13. The van der Waals surface area contributed by atoms with Crippen LogP contribution in [0, 0.1) is 16.0 Å². The summed E-state index contributed by atoms with van der Waals surface area (Å²) in [5.74, 6) is -0.268. The van der Waals surface area contributed by atoms with E-state index in [1.54, 1.807) is 42.2 Å². The van der Waals surface area contributed by atoms with Crippen LogP contribution in [0.25, 0.3) is 0 Å². The molecule has 0 bridgehead atoms. The number of hydrogen-bond acceptors (Lipinski definition) is 7. The van der Waals surface area contributed by atoms with E-state index in [1.165, 1.54) is 12.3 Å². The number of rotatable bonds is 4. The minimum Gasteiger partial charge on any atom is -0.324 e. The van der Waals surface area contributed by atoms with E-state index in [-0.39, 0.29) is 23.4 Å². The van der Waals surface area contributed by atoms with E-state index in [0.29, 0.717) is 22.7 Å². The van der Waals surface area contributed by atoms with Crippen LogP contribution < -0.4 is 5.32 Å². The fourth-order valence-electron chi connectivity index (χ4n) is 5.94. The molecule has 2 saturated heterocycles. The molecule has 1 spiro atoms. The summed E-state index contributed by atoms with van der Waals surface area (Å²) in [4.78, 5) is 45.5. The molecular weight excluding hydrogens is 452 g/mol. The number of carbonyl (C=O) groups is 2. The van der Waals surface area contributed by atoms with Crippen LogP contribution in [-0.2, 0) is 10.3 Å². The van der Waals surface area contributed by atoms with Crippen LogP contribution in [0.15, 0.2) is 73.1 Å². The number of fused-ring (bicyclic) bond motifs is 4. The van der Waals surface area contributed by atoms with E-state index in [1.807, 2.05) is 30.3 Å². The maximum atomic E-state index is 14.2. The molecule has 4 atom stereocenters. The molecule has 1 amide bonds. The molecule has 34 heavy (non-hydrogen) atoms. The molecule has 0 unspecified atom stereocenters. The molecule has 3 aromatic rings. The van der Waals surface area contributed by atoms with Gasteiger partial charge in [0.05, 0.1) is 10.8 Å². The highest BCUT2D eigenvalue weighted by atomic mass is 32.2. The number of hydrogen-bond donors (Lipinski definition) is 1. The van der Waals surface area contributed by atoms with E-state index < -0.39 is 22.3 Å². The number of pyridine rings is 1. The predicted molar refractivity (Wildman–Crippen MR) is 128 cm³/mol. The number of amides is 1. The monoisotopic (exact) mass is 472 g/mol. The number of thioether (sulfide) groups is 1. The van der Waals surface area contributed by atoms with Gasteiger partial charge in [-0.1, -0.05) is 30.3 Å². The number of aromatic nitrogens is 1. The summed E-state index contributed by atoms with van der Waals surface area (Å²) < 4.78 is 0. The average molecular weight is 473 g/mol. The van der Waals surface area contributed by atoms with Gasteiger partial charge < -0.3 is 5.32 Å². The Labute approximate surface area is 199 Å². The van der Waals surface area contributed by atoms with Gasteiger partial charge in [0.15, 0.2) is 5.78 Å². The molecule has 3 aliphatic rings. The lowest BCUT2D eigenvalue weighted by Crippen LogP contribution is -2.52. The van der Waals surface area contributed by atoms with Crippen molar-refractivity contribution in [1.82, 2.24) is 9.88 Å². The second-order valence-electron chi connectivity index (χ2n) is 8.76. The summed E-state index contributed by atoms with van der Waals surface area (Å²) in [7, 11) is 0. The summed E-state index contributed by atoms with van der Waals surface area (Å²) >= 11 is 1.71. The molecule has 1 aromatic heterocycles. The molecule has 2 aromatic carbocycles. The topological polar surface area (TPSA) is 105 Å². The number of nitrogens with zero attached hydrogens (tertiary/aromatic N) is 3. The molecule has 6 rings (SSSR count). The first kappa shape index (κ1) is 21.0. The Bertz CT molecular complexity index is 1330. The first-order chi connectivity index (χ1) is 16.5. The van der Waals surface area contributed by atoms with E-state index in [9.17, 15) is 19.7 Å². The van der Waals surface area contributed by atoms with Crippen LogP contribution in [0.2, 0.25) is 0 Å². The van der Waals surface area contributed by atoms with Crippen molar-refractivity contribution in [2.24, 2.45) is 5.92 Å². The Hall–Kier alpha value is -3.56. The largest absolute Gasteiger partial charge is 0.324 e. The van der Waals surface area contributed by atoms with Crippen LogP contribution >= 0.6 is 11.8 Å². The minimum atomic E-state index is -1.20. The second kappa shape index (κ2) is 7.75. The zero-order chi connectivity index (χ0) is 23.4. The summed E-state index contributed by atoms with van der Waals surface area (Å²) in [5.41, 5.74) is 1.37. The van der Waals surface area contributed by atoms with E-state index in [0.717, 1.165) is 11.3 Å². The van der Waals surface area contributed by atoms with Crippen molar-refractivity contribution in [1.29, 1.82) is 0 Å². The zero-order valence-electron chi connectivity index (χ0n) is 18.0. The molecule has 4 heterocycles. The highest BCUT2D eigenvalue weighted by molar-refractivity contribution is 7.99. The maximum Gasteiger partial charge on any atom is 0.269 e. The van der Waals surface area contributed by atoms with Gasteiger partial charge in [-0.25, -0.2) is 0 Å². The lowest BCUT2D eigenvalue weighted by atomic mass is 9.69. The molecule has 0 radical (unpaired) electrons. The van der Waals surface area contributed by atoms with Crippen LogP contribution in [0.1, 0.15) is 27.4 Å². The van der Waals surface area contributed by atoms with Gasteiger partial charge in [0.1, 0.15) is 5.54 Å². The Morgan fingerprint density at radius 2 is 2.03 bits per heavy atom. The molecule has 1 N–H and O–H groups in total. The molecule has 0 aliphatic carbocycles. The fraction of sp³-hybridized carbons (Fsp3) is 0.240. The number of Topliss-reactive ketones (excluding diaryl/α,β-unsaturated/α-hetero) is 1. The SMILES string of the molecule is O=C(c1cccnc1)[C@@H]1[C@H](c2cccc([N+](=O)[O-])c2)[C@@H]2CSCN2[C@]12C(=O)Nc1ccccc12. The number of para-hydroxylation sites is 1. The molecule has 0 saturated carbocycles. The van der Waals surface area contributed by atoms with Crippen LogP contribution in [0.4, 0.5) is 11.4 Å². The molecule has 170 valence electrons. The second-order valence-corrected chi connectivity index (χ2v) is 9.76. The minimum absolute atomic E-state index is 0.0282. The first-order valence-electron chi connectivity index (χ1n) is 11.0. The van der Waals surface area contributed by atoms with Crippen molar-refractivity contribution in [3.63, 3.8) is 0 Å². The summed E-state index contributed by atoms with van der Waals surface area (Å²) in [5, 5.41) is 14.6. The van der Waals surface area contributed by atoms with Crippen LogP contribution in [0.3, 0.4) is 0 Å². The van der Waals surface area contributed by atoms with Gasteiger partial charge in [-0.15, -0.1) is 11.8 Å². The van der Waals surface area contributed by atoms with Gasteiger partial charge in [-0.05, 0) is 23.8 Å². The van der Waals surface area contributed by atoms with E-state index >= 15 is 0 Å². The average Bonchev–Trinajstić information content (AvgIpc) is 3.52. The molecule has 3 aliphatic heterocycles. The van der Waals surface area contributed by atoms with Crippen molar-refractivity contribution in [2.45, 2.75) is 17.5 Å². The zero-order valence-corrected chi connectivity index (χ0v) is 18.8. The van der Waals surface area contributed by atoms with Crippen LogP contribution in [-0.4, -0.2) is 44.2 Å². The van der Waals surface area contributed by atoms with Crippen molar-refractivity contribution >= 4 is 34.8 Å². The Morgan fingerprint density at radius 3 is 2.82 bits per heavy atom. The summed E-state index contributed by atoms with van der Waals surface area (Å²) in [6, 6.07) is 17.3. The van der Waals surface area contributed by atoms with Crippen molar-refractivity contribution in [3.8, 4) is 0 Å². The molecule has 9 heteroatoms. The van der Waals surface area contributed by atoms with E-state index in [4.69, 9.17) is 0 Å². The van der Waals surface area contributed by atoms with Gasteiger partial charge in [-0.3, -0.25) is 29.6 Å². The van der Waals surface area contributed by atoms with Crippen molar-refractivity contribution < 1.29 is 14.5 Å². The Balaban J connectivity index is 1.62. The number of nitro benzene ring substituents is 1. The number of ketones is 1. The van der Waals surface area contributed by atoms with Crippen LogP contribution in [0.5, 0.6) is 0 Å². The lowest BCUT2D eigenvalue weighted by Gasteiger charge is -2.36. The fourth-order valence-corrected chi connectivity index (χ4v) is 7.26. The van der Waals surface area contributed by atoms with E-state index in [2.05, 4.69) is 15.2 Å².